The molecule has 15 heteroatoms. The number of ether oxygens (including phenoxy) is 3. The van der Waals surface area contributed by atoms with Crippen LogP contribution in [0.15, 0.2) is 41.5 Å². The first-order valence-corrected chi connectivity index (χ1v) is 16.4. The molecule has 0 radical (unpaired) electrons. The maximum atomic E-state index is 15.0. The maximum Gasteiger partial charge on any atom is 0.410 e. The molecule has 5 rings (SSSR count). The summed E-state index contributed by atoms with van der Waals surface area (Å²) >= 11 is 0. The van der Waals surface area contributed by atoms with Crippen LogP contribution < -0.4 is 15.0 Å². The molecular weight excluding hydrogens is 619 g/mol. The van der Waals surface area contributed by atoms with Gasteiger partial charge >= 0.3 is 16.3 Å². The number of fused-ring (bicyclic) bond motifs is 1. The van der Waals surface area contributed by atoms with Gasteiger partial charge in [-0.1, -0.05) is 6.92 Å². The van der Waals surface area contributed by atoms with Gasteiger partial charge in [-0.15, -0.1) is 0 Å². The van der Waals surface area contributed by atoms with Crippen LogP contribution in [0.4, 0.5) is 14.9 Å². The number of likely N-dealkylation sites (tertiary alicyclic amines) is 1. The zero-order valence-electron chi connectivity index (χ0n) is 26.4. The molecule has 2 saturated heterocycles. The van der Waals surface area contributed by atoms with E-state index in [1.54, 1.807) is 17.9 Å². The third-order valence-electron chi connectivity index (χ3n) is 8.20. The monoisotopic (exact) mass is 656 g/mol. The predicted molar refractivity (Wildman–Crippen MR) is 167 cm³/mol. The van der Waals surface area contributed by atoms with E-state index in [9.17, 15) is 27.7 Å². The van der Waals surface area contributed by atoms with Crippen molar-refractivity contribution in [1.82, 2.24) is 18.8 Å². The molecule has 46 heavy (non-hydrogen) atoms. The fraction of sp³-hybridized carbons (Fsp3) is 0.484. The van der Waals surface area contributed by atoms with Crippen molar-refractivity contribution in [3.8, 4) is 17.6 Å². The summed E-state index contributed by atoms with van der Waals surface area (Å²) in [5.41, 5.74) is -1.54. The van der Waals surface area contributed by atoms with Gasteiger partial charge in [0, 0.05) is 26.7 Å². The average Bonchev–Trinajstić information content (AvgIpc) is 3.41. The lowest BCUT2D eigenvalue weighted by Crippen LogP contribution is -2.48. The molecule has 13 nitrogen and oxygen atoms in total. The number of amides is 1. The van der Waals surface area contributed by atoms with E-state index in [4.69, 9.17) is 14.2 Å². The number of anilines is 1. The molecule has 0 saturated carbocycles. The van der Waals surface area contributed by atoms with Crippen LogP contribution in [0.2, 0.25) is 0 Å². The second-order valence-electron chi connectivity index (χ2n) is 12.5. The van der Waals surface area contributed by atoms with Crippen molar-refractivity contribution in [2.24, 2.45) is 0 Å². The number of piperidine rings is 1. The number of carbonyl (C=O) groups excluding carboxylic acids is 1. The van der Waals surface area contributed by atoms with Crippen molar-refractivity contribution in [3.63, 3.8) is 0 Å². The molecule has 1 amide bonds. The Hall–Kier alpha value is -4.26. The molecule has 0 aliphatic carbocycles. The minimum Gasteiger partial charge on any atom is -0.453 e. The maximum absolute atomic E-state index is 15.0. The molecule has 3 aromatic rings. The summed E-state index contributed by atoms with van der Waals surface area (Å²) in [6.07, 6.45) is 2.89. The Kier molecular flexibility index (Phi) is 9.00. The van der Waals surface area contributed by atoms with Crippen LogP contribution >= 0.6 is 0 Å². The lowest BCUT2D eigenvalue weighted by molar-refractivity contribution is -0.0486. The molecule has 0 unspecified atom stereocenters. The highest BCUT2D eigenvalue weighted by atomic mass is 32.2. The van der Waals surface area contributed by atoms with E-state index in [-0.39, 0.29) is 46.6 Å². The number of nitrogens with one attached hydrogen (secondary N) is 1. The Balaban J connectivity index is 1.36. The topological polar surface area (TPSA) is 156 Å². The minimum atomic E-state index is -4.00. The highest BCUT2D eigenvalue weighted by molar-refractivity contribution is 7.90. The van der Waals surface area contributed by atoms with Crippen molar-refractivity contribution in [2.75, 3.05) is 38.0 Å². The van der Waals surface area contributed by atoms with Gasteiger partial charge in [-0.2, -0.15) is 18.0 Å². The van der Waals surface area contributed by atoms with E-state index < -0.39 is 33.0 Å². The average molecular weight is 657 g/mol. The number of hydrogen-bond acceptors (Lipinski definition) is 9. The van der Waals surface area contributed by atoms with Crippen molar-refractivity contribution in [3.05, 3.63) is 58.4 Å². The van der Waals surface area contributed by atoms with Crippen LogP contribution in [0.1, 0.15) is 58.6 Å². The summed E-state index contributed by atoms with van der Waals surface area (Å²) in [5, 5.41) is 10.0. The number of aromatic nitrogens is 2. The number of nitriles is 1. The summed E-state index contributed by atoms with van der Waals surface area (Å²) in [6, 6.07) is 8.09. The molecule has 2 fully saturated rings. The second-order valence-corrected chi connectivity index (χ2v) is 14.3. The highest BCUT2D eigenvalue weighted by Crippen LogP contribution is 2.41. The fourth-order valence-corrected chi connectivity index (χ4v) is 6.51. The standard InChI is InChI=1S/C31H37FN6O7S/c1-6-36(5)46(41,42)35-26-10-8-24(32)27(23(26)17-33)44-21-7-9-25-22(15-21)28(39)38(19-34-25)20-16-31(43-18-20)11-13-37(14-12-31)29(40)45-30(2,3)4/h7-10,15,19-20,35H,6,11-14,16,18H2,1-5H3/t20-/m1/s1. The van der Waals surface area contributed by atoms with Crippen molar-refractivity contribution in [2.45, 2.75) is 64.2 Å². The molecular formula is C31H37FN6O7S. The predicted octanol–water partition coefficient (Wildman–Crippen LogP) is 4.54. The van der Waals surface area contributed by atoms with Crippen LogP contribution in [0.5, 0.6) is 11.5 Å². The lowest BCUT2D eigenvalue weighted by Gasteiger charge is -2.39. The normalized spacial score (nSPS) is 18.1. The molecule has 2 aliphatic rings. The Morgan fingerprint density at radius 1 is 1.26 bits per heavy atom. The molecule has 3 heterocycles. The fourth-order valence-electron chi connectivity index (χ4n) is 5.57. The van der Waals surface area contributed by atoms with Gasteiger partial charge in [-0.3, -0.25) is 14.1 Å². The molecule has 1 aromatic heterocycles. The van der Waals surface area contributed by atoms with Gasteiger partial charge in [0.15, 0.2) is 11.6 Å². The molecule has 2 aliphatic heterocycles. The molecule has 2 aromatic carbocycles. The molecule has 1 atom stereocenters. The third-order valence-corrected chi connectivity index (χ3v) is 9.76. The van der Waals surface area contributed by atoms with Crippen LogP contribution in [0.3, 0.4) is 0 Å². The lowest BCUT2D eigenvalue weighted by atomic mass is 9.87. The van der Waals surface area contributed by atoms with E-state index in [0.717, 1.165) is 16.4 Å². The molecule has 1 N–H and O–H groups in total. The number of benzene rings is 2. The zero-order chi connectivity index (χ0) is 33.4. The van der Waals surface area contributed by atoms with Gasteiger partial charge in [0.1, 0.15) is 23.0 Å². The van der Waals surface area contributed by atoms with Crippen LogP contribution in [-0.2, 0) is 19.7 Å². The van der Waals surface area contributed by atoms with Crippen LogP contribution in [0.25, 0.3) is 10.9 Å². The Labute approximate surface area is 266 Å². The van der Waals surface area contributed by atoms with E-state index in [1.807, 2.05) is 26.8 Å². The summed E-state index contributed by atoms with van der Waals surface area (Å²) in [4.78, 5) is 32.3. The first-order chi connectivity index (χ1) is 21.6. The Morgan fingerprint density at radius 3 is 2.63 bits per heavy atom. The van der Waals surface area contributed by atoms with Crippen molar-refractivity contribution in [1.29, 1.82) is 5.26 Å². The van der Waals surface area contributed by atoms with Gasteiger partial charge in [-0.25, -0.2) is 14.2 Å². The molecule has 0 bridgehead atoms. The van der Waals surface area contributed by atoms with E-state index in [2.05, 4.69) is 9.71 Å². The Bertz CT molecular complexity index is 1860. The second kappa shape index (κ2) is 12.5. The number of hydrogen-bond donors (Lipinski definition) is 1. The smallest absolute Gasteiger partial charge is 0.410 e. The summed E-state index contributed by atoms with van der Waals surface area (Å²) < 4.78 is 62.4. The summed E-state index contributed by atoms with van der Waals surface area (Å²) in [5.74, 6) is -1.33. The quantitative estimate of drug-likeness (QED) is 0.386. The number of carbonyl (C=O) groups is 1. The van der Waals surface area contributed by atoms with Crippen LogP contribution in [0, 0.1) is 17.1 Å². The molecule has 246 valence electrons. The van der Waals surface area contributed by atoms with Gasteiger partial charge in [-0.05, 0) is 70.4 Å². The van der Waals surface area contributed by atoms with E-state index in [0.29, 0.717) is 44.5 Å². The molecule has 1 spiro atoms. The van der Waals surface area contributed by atoms with Gasteiger partial charge in [0.25, 0.3) is 5.56 Å². The number of halogens is 1. The first-order valence-electron chi connectivity index (χ1n) is 14.9. The van der Waals surface area contributed by atoms with Crippen molar-refractivity contribution < 1.29 is 31.8 Å². The SMILES string of the molecule is CCN(C)S(=O)(=O)Nc1ccc(F)c(Oc2ccc3ncn([C@H]4COC5(CCN(C(=O)OC(C)(C)C)CC5)C4)c(=O)c3c2)c1C#N. The van der Waals surface area contributed by atoms with Gasteiger partial charge in [0.2, 0.25) is 0 Å². The zero-order valence-corrected chi connectivity index (χ0v) is 27.2. The number of rotatable bonds is 7. The number of nitrogens with zero attached hydrogens (tertiary/aromatic N) is 5. The summed E-state index contributed by atoms with van der Waals surface area (Å²) in [6.45, 7) is 8.54. The van der Waals surface area contributed by atoms with Crippen LogP contribution in [-0.4, -0.2) is 77.8 Å². The Morgan fingerprint density at radius 2 is 1.98 bits per heavy atom. The first kappa shape index (κ1) is 33.1. The largest absolute Gasteiger partial charge is 0.453 e. The van der Waals surface area contributed by atoms with Gasteiger partial charge in [0.05, 0.1) is 41.2 Å². The van der Waals surface area contributed by atoms with Crippen molar-refractivity contribution >= 4 is 32.9 Å². The summed E-state index contributed by atoms with van der Waals surface area (Å²) in [7, 11) is -2.64. The minimum absolute atomic E-state index is 0.0545. The highest BCUT2D eigenvalue weighted by Gasteiger charge is 2.45. The van der Waals surface area contributed by atoms with Gasteiger partial charge < -0.3 is 19.1 Å². The van der Waals surface area contributed by atoms with E-state index >= 15 is 0 Å². The third kappa shape index (κ3) is 6.79. The van der Waals surface area contributed by atoms with E-state index in [1.165, 1.54) is 30.1 Å².